The molecule has 0 aliphatic carbocycles. The first-order chi connectivity index (χ1) is 8.52. The number of hydrogen-bond donors (Lipinski definition) is 2. The third kappa shape index (κ3) is 2.22. The van der Waals surface area contributed by atoms with Crippen LogP contribution < -0.4 is 4.90 Å². The molecular weight excluding hydrogens is 234 g/mol. The van der Waals surface area contributed by atoms with Crippen molar-refractivity contribution >= 4 is 17.6 Å². The highest BCUT2D eigenvalue weighted by atomic mass is 16.4. The Bertz CT molecular complexity index is 498. The minimum absolute atomic E-state index is 0.0591. The van der Waals surface area contributed by atoms with E-state index in [1.165, 1.54) is 11.0 Å². The maximum Gasteiger partial charge on any atom is 0.337 e. The summed E-state index contributed by atoms with van der Waals surface area (Å²) in [6, 6.07) is 4.91. The number of amides is 1. The van der Waals surface area contributed by atoms with Gasteiger partial charge in [-0.15, -0.1) is 0 Å². The summed E-state index contributed by atoms with van der Waals surface area (Å²) in [6.07, 6.45) is 0.267. The molecular formula is C13H15NO4. The van der Waals surface area contributed by atoms with Gasteiger partial charge >= 0.3 is 5.97 Å². The first-order valence-electron chi connectivity index (χ1n) is 5.78. The Hall–Kier alpha value is -1.88. The summed E-state index contributed by atoms with van der Waals surface area (Å²) in [5, 5.41) is 18.2. The first-order valence-corrected chi connectivity index (χ1v) is 5.78. The number of aromatic carboxylic acids is 1. The summed E-state index contributed by atoms with van der Waals surface area (Å²) in [5.41, 5.74) is 1.44. The van der Waals surface area contributed by atoms with E-state index < -0.39 is 5.97 Å². The smallest absolute Gasteiger partial charge is 0.337 e. The van der Waals surface area contributed by atoms with Crippen LogP contribution in [0.2, 0.25) is 0 Å². The zero-order valence-corrected chi connectivity index (χ0v) is 10.1. The summed E-state index contributed by atoms with van der Waals surface area (Å²) >= 11 is 0. The second kappa shape index (κ2) is 4.78. The molecule has 1 amide bonds. The molecule has 5 heteroatoms. The lowest BCUT2D eigenvalue weighted by Crippen LogP contribution is -2.27. The fourth-order valence-electron chi connectivity index (χ4n) is 2.18. The minimum Gasteiger partial charge on any atom is -0.478 e. The number of carboxylic acid groups (broad SMARTS) is 1. The van der Waals surface area contributed by atoms with Gasteiger partial charge < -0.3 is 15.1 Å². The van der Waals surface area contributed by atoms with Gasteiger partial charge in [0.2, 0.25) is 5.91 Å². The topological polar surface area (TPSA) is 77.8 Å². The molecule has 2 N–H and O–H groups in total. The van der Waals surface area contributed by atoms with Crippen LogP contribution in [0, 0.1) is 12.8 Å². The third-order valence-corrected chi connectivity index (χ3v) is 3.14. The zero-order chi connectivity index (χ0) is 13.3. The van der Waals surface area contributed by atoms with Crippen LogP contribution in [0.4, 0.5) is 5.69 Å². The van der Waals surface area contributed by atoms with E-state index in [0.29, 0.717) is 12.2 Å². The van der Waals surface area contributed by atoms with Crippen molar-refractivity contribution in [3.05, 3.63) is 29.3 Å². The van der Waals surface area contributed by atoms with Gasteiger partial charge in [-0.2, -0.15) is 0 Å². The largest absolute Gasteiger partial charge is 0.478 e. The Morgan fingerprint density at radius 3 is 2.78 bits per heavy atom. The number of rotatable bonds is 3. The van der Waals surface area contributed by atoms with Crippen molar-refractivity contribution in [3.8, 4) is 0 Å². The predicted octanol–water partition coefficient (Wildman–Crippen LogP) is 1.04. The standard InChI is InChI=1S/C13H15NO4/c1-8-2-3-10(13(17)18)11(4-8)14-6-9(7-15)5-12(14)16/h2-4,9,15H,5-7H2,1H3,(H,17,18). The lowest BCUT2D eigenvalue weighted by atomic mass is 10.1. The lowest BCUT2D eigenvalue weighted by Gasteiger charge is -2.19. The quantitative estimate of drug-likeness (QED) is 0.839. The summed E-state index contributed by atoms with van der Waals surface area (Å²) < 4.78 is 0. The van der Waals surface area contributed by atoms with Crippen LogP contribution >= 0.6 is 0 Å². The van der Waals surface area contributed by atoms with Crippen LogP contribution in [0.5, 0.6) is 0 Å². The van der Waals surface area contributed by atoms with E-state index >= 15 is 0 Å². The van der Waals surface area contributed by atoms with Gasteiger partial charge in [-0.1, -0.05) is 6.07 Å². The lowest BCUT2D eigenvalue weighted by molar-refractivity contribution is -0.117. The highest BCUT2D eigenvalue weighted by Gasteiger charge is 2.32. The molecule has 96 valence electrons. The van der Waals surface area contributed by atoms with Gasteiger partial charge in [0.1, 0.15) is 0 Å². The first kappa shape index (κ1) is 12.6. The van der Waals surface area contributed by atoms with E-state index in [2.05, 4.69) is 0 Å². The Kier molecular flexibility index (Phi) is 3.34. The molecule has 1 aliphatic heterocycles. The SMILES string of the molecule is Cc1ccc(C(=O)O)c(N2CC(CO)CC2=O)c1. The van der Waals surface area contributed by atoms with Crippen LogP contribution in [-0.4, -0.2) is 35.2 Å². The Labute approximate surface area is 105 Å². The minimum atomic E-state index is -1.05. The third-order valence-electron chi connectivity index (χ3n) is 3.14. The number of aryl methyl sites for hydroxylation is 1. The van der Waals surface area contributed by atoms with Gasteiger partial charge in [0.15, 0.2) is 0 Å². The van der Waals surface area contributed by atoms with Gasteiger partial charge in [0.25, 0.3) is 0 Å². The molecule has 0 saturated carbocycles. The van der Waals surface area contributed by atoms with Gasteiger partial charge in [0, 0.05) is 25.5 Å². The second-order valence-electron chi connectivity index (χ2n) is 4.58. The summed E-state index contributed by atoms with van der Waals surface area (Å²) in [6.45, 7) is 2.16. The van der Waals surface area contributed by atoms with E-state index in [1.807, 2.05) is 6.92 Å². The van der Waals surface area contributed by atoms with Crippen molar-refractivity contribution in [2.45, 2.75) is 13.3 Å². The van der Waals surface area contributed by atoms with E-state index in [9.17, 15) is 9.59 Å². The van der Waals surface area contributed by atoms with E-state index in [1.54, 1.807) is 12.1 Å². The molecule has 1 saturated heterocycles. The number of carbonyl (C=O) groups excluding carboxylic acids is 1. The molecule has 0 aromatic heterocycles. The number of anilines is 1. The highest BCUT2D eigenvalue weighted by Crippen LogP contribution is 2.29. The molecule has 1 fully saturated rings. The van der Waals surface area contributed by atoms with Crippen LogP contribution in [0.25, 0.3) is 0 Å². The molecule has 0 bridgehead atoms. The van der Waals surface area contributed by atoms with Gasteiger partial charge in [-0.05, 0) is 24.6 Å². The fourth-order valence-corrected chi connectivity index (χ4v) is 2.18. The normalized spacial score (nSPS) is 19.3. The van der Waals surface area contributed by atoms with Gasteiger partial charge in [-0.25, -0.2) is 4.79 Å². The van der Waals surface area contributed by atoms with Crippen LogP contribution in [0.3, 0.4) is 0 Å². The van der Waals surface area contributed by atoms with E-state index in [0.717, 1.165) is 5.56 Å². The van der Waals surface area contributed by atoms with Crippen molar-refractivity contribution in [1.29, 1.82) is 0 Å². The Balaban J connectivity index is 2.41. The maximum atomic E-state index is 11.9. The molecule has 1 unspecified atom stereocenters. The molecule has 5 nitrogen and oxygen atoms in total. The number of nitrogens with zero attached hydrogens (tertiary/aromatic N) is 1. The zero-order valence-electron chi connectivity index (χ0n) is 10.1. The maximum absolute atomic E-state index is 11.9. The summed E-state index contributed by atoms with van der Waals surface area (Å²) in [4.78, 5) is 24.5. The summed E-state index contributed by atoms with van der Waals surface area (Å²) in [5.74, 6) is -1.30. The molecule has 18 heavy (non-hydrogen) atoms. The summed E-state index contributed by atoms with van der Waals surface area (Å²) in [7, 11) is 0. The monoisotopic (exact) mass is 249 g/mol. The molecule has 2 rings (SSSR count). The Morgan fingerprint density at radius 1 is 1.50 bits per heavy atom. The molecule has 1 aromatic rings. The average Bonchev–Trinajstić information content (AvgIpc) is 2.70. The molecule has 0 radical (unpaired) electrons. The van der Waals surface area contributed by atoms with E-state index in [-0.39, 0.29) is 30.4 Å². The second-order valence-corrected chi connectivity index (χ2v) is 4.58. The molecule has 1 heterocycles. The molecule has 1 atom stereocenters. The van der Waals surface area contributed by atoms with Crippen molar-refractivity contribution < 1.29 is 19.8 Å². The highest BCUT2D eigenvalue weighted by molar-refractivity contribution is 6.03. The molecule has 1 aromatic carbocycles. The van der Waals surface area contributed by atoms with Crippen LogP contribution in [-0.2, 0) is 4.79 Å². The molecule has 1 aliphatic rings. The van der Waals surface area contributed by atoms with Crippen molar-refractivity contribution in [2.75, 3.05) is 18.1 Å². The van der Waals surface area contributed by atoms with Gasteiger partial charge in [0.05, 0.1) is 11.3 Å². The van der Waals surface area contributed by atoms with Gasteiger partial charge in [-0.3, -0.25) is 4.79 Å². The van der Waals surface area contributed by atoms with Crippen molar-refractivity contribution in [1.82, 2.24) is 0 Å². The fraction of sp³-hybridized carbons (Fsp3) is 0.385. The number of benzene rings is 1. The van der Waals surface area contributed by atoms with E-state index in [4.69, 9.17) is 10.2 Å². The number of aliphatic hydroxyl groups excluding tert-OH is 1. The Morgan fingerprint density at radius 2 is 2.22 bits per heavy atom. The van der Waals surface area contributed by atoms with Crippen LogP contribution in [0.1, 0.15) is 22.3 Å². The number of carbonyl (C=O) groups is 2. The predicted molar refractivity (Wildman–Crippen MR) is 65.7 cm³/mol. The van der Waals surface area contributed by atoms with Crippen LogP contribution in [0.15, 0.2) is 18.2 Å². The number of carboxylic acids is 1. The number of aliphatic hydroxyl groups is 1. The van der Waals surface area contributed by atoms with Crippen molar-refractivity contribution in [3.63, 3.8) is 0 Å². The number of hydrogen-bond acceptors (Lipinski definition) is 3. The molecule has 0 spiro atoms. The average molecular weight is 249 g/mol. The van der Waals surface area contributed by atoms with Crippen molar-refractivity contribution in [2.24, 2.45) is 5.92 Å².